The summed E-state index contributed by atoms with van der Waals surface area (Å²) in [7, 11) is -3.55. The van der Waals surface area contributed by atoms with Gasteiger partial charge >= 0.3 is 0 Å². The van der Waals surface area contributed by atoms with Gasteiger partial charge in [0.1, 0.15) is 22.9 Å². The fourth-order valence-corrected chi connectivity index (χ4v) is 4.88. The number of hydrogen-bond donors (Lipinski definition) is 0. The molecule has 1 saturated heterocycles. The van der Waals surface area contributed by atoms with Crippen LogP contribution in [0.25, 0.3) is 0 Å². The molecule has 8 heteroatoms. The van der Waals surface area contributed by atoms with Crippen LogP contribution in [0.15, 0.2) is 33.7 Å². The molecule has 0 radical (unpaired) electrons. The molecule has 26 heavy (non-hydrogen) atoms. The maximum atomic E-state index is 12.8. The molecular weight excluding hydrogens is 354 g/mol. The Hall–Kier alpha value is -1.90. The van der Waals surface area contributed by atoms with Crippen LogP contribution in [0.5, 0.6) is 5.75 Å². The van der Waals surface area contributed by atoms with Crippen molar-refractivity contribution in [3.63, 3.8) is 0 Å². The first-order valence-corrected chi connectivity index (χ1v) is 10.2. The Morgan fingerprint density at radius 3 is 2.50 bits per heavy atom. The topological polar surface area (TPSA) is 75.9 Å². The summed E-state index contributed by atoms with van der Waals surface area (Å²) >= 11 is 0. The number of nitrogens with zero attached hydrogens (tertiary/aromatic N) is 3. The summed E-state index contributed by atoms with van der Waals surface area (Å²) in [5.74, 6) is 1.21. The van der Waals surface area contributed by atoms with Gasteiger partial charge in [0, 0.05) is 32.7 Å². The molecule has 0 unspecified atom stereocenters. The van der Waals surface area contributed by atoms with Crippen molar-refractivity contribution in [3.8, 4) is 5.75 Å². The van der Waals surface area contributed by atoms with E-state index in [0.717, 1.165) is 12.3 Å². The highest BCUT2D eigenvalue weighted by Crippen LogP contribution is 2.24. The molecule has 0 saturated carbocycles. The highest BCUT2D eigenvalue weighted by molar-refractivity contribution is 7.89. The number of aromatic nitrogens is 1. The minimum absolute atomic E-state index is 0.203. The Kier molecular flexibility index (Phi) is 5.64. The van der Waals surface area contributed by atoms with Gasteiger partial charge in [0.25, 0.3) is 0 Å². The molecule has 2 aromatic rings. The van der Waals surface area contributed by atoms with E-state index in [-0.39, 0.29) is 4.90 Å². The fourth-order valence-electron chi connectivity index (χ4n) is 3.16. The van der Waals surface area contributed by atoms with Crippen LogP contribution < -0.4 is 4.74 Å². The van der Waals surface area contributed by atoms with E-state index in [9.17, 15) is 8.42 Å². The SMILES string of the molecule is Cc1cccc(OCCN2CCN(S(=O)(=O)c3c(C)noc3C)CC2)c1. The minimum atomic E-state index is -3.55. The maximum absolute atomic E-state index is 12.8. The van der Waals surface area contributed by atoms with E-state index in [4.69, 9.17) is 9.26 Å². The first kappa shape index (κ1) is 18.9. The van der Waals surface area contributed by atoms with Gasteiger partial charge in [-0.25, -0.2) is 8.42 Å². The third-order valence-corrected chi connectivity index (χ3v) is 6.71. The lowest BCUT2D eigenvalue weighted by Gasteiger charge is -2.33. The van der Waals surface area contributed by atoms with Crippen molar-refractivity contribution < 1.29 is 17.7 Å². The quantitative estimate of drug-likeness (QED) is 0.764. The molecule has 1 aromatic heterocycles. The molecule has 3 rings (SSSR count). The third-order valence-electron chi connectivity index (χ3n) is 4.56. The number of hydrogen-bond acceptors (Lipinski definition) is 6. The smallest absolute Gasteiger partial charge is 0.248 e. The highest BCUT2D eigenvalue weighted by atomic mass is 32.2. The highest BCUT2D eigenvalue weighted by Gasteiger charge is 2.33. The summed E-state index contributed by atoms with van der Waals surface area (Å²) in [6.07, 6.45) is 0. The summed E-state index contributed by atoms with van der Waals surface area (Å²) in [5.41, 5.74) is 1.58. The standard InChI is InChI=1S/C18H25N3O4S/c1-14-5-4-6-17(13-14)24-12-11-20-7-9-21(10-8-20)26(22,23)18-15(2)19-25-16(18)3/h4-6,13H,7-12H2,1-3H3. The number of sulfonamides is 1. The zero-order valence-corrected chi connectivity index (χ0v) is 16.3. The van der Waals surface area contributed by atoms with Gasteiger partial charge in [-0.1, -0.05) is 17.3 Å². The van der Waals surface area contributed by atoms with Crippen LogP contribution in [-0.4, -0.2) is 62.1 Å². The largest absolute Gasteiger partial charge is 0.492 e. The molecule has 0 bridgehead atoms. The summed E-state index contributed by atoms with van der Waals surface area (Å²) in [4.78, 5) is 2.42. The summed E-state index contributed by atoms with van der Waals surface area (Å²) in [5, 5.41) is 3.76. The minimum Gasteiger partial charge on any atom is -0.492 e. The Labute approximate surface area is 154 Å². The molecule has 0 aliphatic carbocycles. The molecule has 0 atom stereocenters. The van der Waals surface area contributed by atoms with E-state index in [0.29, 0.717) is 44.2 Å². The normalized spacial score (nSPS) is 16.7. The van der Waals surface area contributed by atoms with E-state index < -0.39 is 10.0 Å². The van der Waals surface area contributed by atoms with Crippen LogP contribution in [0.2, 0.25) is 0 Å². The van der Waals surface area contributed by atoms with Crippen LogP contribution in [0.4, 0.5) is 0 Å². The first-order valence-electron chi connectivity index (χ1n) is 8.73. The maximum Gasteiger partial charge on any atom is 0.248 e. The summed E-state index contributed by atoms with van der Waals surface area (Å²) in [6.45, 7) is 8.94. The lowest BCUT2D eigenvalue weighted by atomic mass is 10.2. The van der Waals surface area contributed by atoms with E-state index in [1.165, 1.54) is 9.87 Å². The van der Waals surface area contributed by atoms with E-state index in [1.54, 1.807) is 13.8 Å². The number of ether oxygens (including phenoxy) is 1. The molecule has 1 aliphatic rings. The van der Waals surface area contributed by atoms with Crippen molar-refractivity contribution in [2.45, 2.75) is 25.7 Å². The van der Waals surface area contributed by atoms with Gasteiger partial charge in [-0.2, -0.15) is 4.31 Å². The number of aryl methyl sites for hydroxylation is 3. The second-order valence-electron chi connectivity index (χ2n) is 6.56. The summed E-state index contributed by atoms with van der Waals surface area (Å²) < 4.78 is 37.9. The van der Waals surface area contributed by atoms with Crippen LogP contribution in [0, 0.1) is 20.8 Å². The van der Waals surface area contributed by atoms with Gasteiger partial charge < -0.3 is 9.26 Å². The van der Waals surface area contributed by atoms with Gasteiger partial charge in [0.05, 0.1) is 0 Å². The van der Waals surface area contributed by atoms with Crippen LogP contribution in [0.1, 0.15) is 17.0 Å². The average Bonchev–Trinajstić information content (AvgIpc) is 2.95. The number of rotatable bonds is 6. The summed E-state index contributed by atoms with van der Waals surface area (Å²) in [6, 6.07) is 7.96. The predicted molar refractivity (Wildman–Crippen MR) is 97.8 cm³/mol. The lowest BCUT2D eigenvalue weighted by molar-refractivity contribution is 0.159. The molecule has 7 nitrogen and oxygen atoms in total. The van der Waals surface area contributed by atoms with Gasteiger partial charge in [-0.15, -0.1) is 0 Å². The first-order chi connectivity index (χ1) is 12.4. The van der Waals surface area contributed by atoms with Crippen LogP contribution >= 0.6 is 0 Å². The molecule has 0 amide bonds. The second-order valence-corrected chi connectivity index (χ2v) is 8.44. The van der Waals surface area contributed by atoms with Crippen molar-refractivity contribution in [2.75, 3.05) is 39.3 Å². The van der Waals surface area contributed by atoms with E-state index >= 15 is 0 Å². The Balaban J connectivity index is 1.51. The van der Waals surface area contributed by atoms with Crippen molar-refractivity contribution in [3.05, 3.63) is 41.3 Å². The number of benzene rings is 1. The monoisotopic (exact) mass is 379 g/mol. The van der Waals surface area contributed by atoms with E-state index in [2.05, 4.69) is 10.1 Å². The van der Waals surface area contributed by atoms with Crippen LogP contribution in [-0.2, 0) is 10.0 Å². The lowest BCUT2D eigenvalue weighted by Crippen LogP contribution is -2.49. The Morgan fingerprint density at radius 1 is 1.15 bits per heavy atom. The van der Waals surface area contributed by atoms with Gasteiger partial charge in [-0.05, 0) is 38.5 Å². The Morgan fingerprint density at radius 2 is 1.88 bits per heavy atom. The predicted octanol–water partition coefficient (Wildman–Crippen LogP) is 1.99. The molecule has 1 aliphatic heterocycles. The van der Waals surface area contributed by atoms with Gasteiger partial charge in [-0.3, -0.25) is 4.90 Å². The molecule has 142 valence electrons. The molecule has 0 N–H and O–H groups in total. The molecule has 0 spiro atoms. The van der Waals surface area contributed by atoms with Crippen molar-refractivity contribution >= 4 is 10.0 Å². The van der Waals surface area contributed by atoms with Crippen molar-refractivity contribution in [2.24, 2.45) is 0 Å². The van der Waals surface area contributed by atoms with Gasteiger partial charge in [0.15, 0.2) is 5.76 Å². The second kappa shape index (κ2) is 7.77. The third kappa shape index (κ3) is 4.08. The van der Waals surface area contributed by atoms with Crippen molar-refractivity contribution in [1.29, 1.82) is 0 Å². The molecular formula is C18H25N3O4S. The molecule has 1 fully saturated rings. The number of piperazine rings is 1. The van der Waals surface area contributed by atoms with E-state index in [1.807, 2.05) is 31.2 Å². The zero-order chi connectivity index (χ0) is 18.7. The molecule has 2 heterocycles. The average molecular weight is 379 g/mol. The fraction of sp³-hybridized carbons (Fsp3) is 0.500. The van der Waals surface area contributed by atoms with Crippen molar-refractivity contribution in [1.82, 2.24) is 14.4 Å². The zero-order valence-electron chi connectivity index (χ0n) is 15.4. The van der Waals surface area contributed by atoms with Gasteiger partial charge in [0.2, 0.25) is 10.0 Å². The molecule has 1 aromatic carbocycles. The van der Waals surface area contributed by atoms with Crippen LogP contribution in [0.3, 0.4) is 0 Å². The Bertz CT molecular complexity index is 836.